The average molecular weight is 222 g/mol. The molecular weight excluding hydrogens is 204 g/mol. The number of aromatic nitrogens is 1. The lowest BCUT2D eigenvalue weighted by Crippen LogP contribution is -2.45. The molecule has 0 radical (unpaired) electrons. The van der Waals surface area contributed by atoms with Gasteiger partial charge in [-0.1, -0.05) is 0 Å². The minimum Gasteiger partial charge on any atom is -0.396 e. The fourth-order valence-electron chi connectivity index (χ4n) is 2.03. The van der Waals surface area contributed by atoms with E-state index in [1.54, 1.807) is 0 Å². The molecule has 88 valence electrons. The maximum Gasteiger partial charge on any atom is 0.0623 e. The topological polar surface area (TPSA) is 45.6 Å². The molecule has 4 heteroatoms. The summed E-state index contributed by atoms with van der Waals surface area (Å²) in [5.74, 6) is 0. The van der Waals surface area contributed by atoms with Gasteiger partial charge < -0.3 is 9.84 Å². The summed E-state index contributed by atoms with van der Waals surface area (Å²) in [6, 6.07) is 4.41. The lowest BCUT2D eigenvalue weighted by atomic mass is 10.1. The zero-order valence-electron chi connectivity index (χ0n) is 9.38. The maximum atomic E-state index is 9.01. The van der Waals surface area contributed by atoms with Crippen LogP contribution in [-0.4, -0.2) is 47.4 Å². The van der Waals surface area contributed by atoms with Crippen LogP contribution in [0, 0.1) is 0 Å². The Hall–Kier alpha value is -0.970. The van der Waals surface area contributed by atoms with E-state index in [2.05, 4.69) is 9.88 Å². The zero-order chi connectivity index (χ0) is 11.2. The Morgan fingerprint density at radius 2 is 2.25 bits per heavy atom. The number of aliphatic hydroxyl groups excluding tert-OH is 1. The average Bonchev–Trinajstić information content (AvgIpc) is 2.33. The molecule has 16 heavy (non-hydrogen) atoms. The van der Waals surface area contributed by atoms with Gasteiger partial charge in [-0.2, -0.15) is 0 Å². The van der Waals surface area contributed by atoms with E-state index in [9.17, 15) is 0 Å². The lowest BCUT2D eigenvalue weighted by molar-refractivity contribution is -0.0195. The summed E-state index contributed by atoms with van der Waals surface area (Å²) >= 11 is 0. The van der Waals surface area contributed by atoms with Crippen molar-refractivity contribution in [3.63, 3.8) is 0 Å². The van der Waals surface area contributed by atoms with E-state index in [1.807, 2.05) is 24.5 Å². The maximum absolute atomic E-state index is 9.01. The van der Waals surface area contributed by atoms with Gasteiger partial charge in [0, 0.05) is 38.1 Å². The molecule has 1 aliphatic heterocycles. The highest BCUT2D eigenvalue weighted by Crippen LogP contribution is 2.14. The molecule has 0 aliphatic carbocycles. The highest BCUT2D eigenvalue weighted by molar-refractivity contribution is 5.09. The van der Waals surface area contributed by atoms with Gasteiger partial charge in [0.15, 0.2) is 0 Å². The standard InChI is InChI=1S/C12H18N2O2/c15-7-3-12-10-16-8-6-14(12)9-11-1-4-13-5-2-11/h1-2,4-5,12,15H,3,6-10H2. The molecular formula is C12H18N2O2. The second-order valence-corrected chi connectivity index (χ2v) is 4.07. The van der Waals surface area contributed by atoms with E-state index < -0.39 is 0 Å². The third-order valence-corrected chi connectivity index (χ3v) is 2.95. The predicted molar refractivity (Wildman–Crippen MR) is 61.0 cm³/mol. The first-order valence-corrected chi connectivity index (χ1v) is 5.71. The van der Waals surface area contributed by atoms with E-state index in [4.69, 9.17) is 9.84 Å². The monoisotopic (exact) mass is 222 g/mol. The minimum atomic E-state index is 0.223. The summed E-state index contributed by atoms with van der Waals surface area (Å²) in [5, 5.41) is 9.01. The summed E-state index contributed by atoms with van der Waals surface area (Å²) in [6.45, 7) is 3.59. The van der Waals surface area contributed by atoms with Crippen LogP contribution in [0.4, 0.5) is 0 Å². The van der Waals surface area contributed by atoms with Gasteiger partial charge in [0.2, 0.25) is 0 Å². The summed E-state index contributed by atoms with van der Waals surface area (Å²) in [4.78, 5) is 6.38. The molecule has 1 atom stereocenters. The van der Waals surface area contributed by atoms with Gasteiger partial charge >= 0.3 is 0 Å². The van der Waals surface area contributed by atoms with Crippen molar-refractivity contribution in [1.29, 1.82) is 0 Å². The van der Waals surface area contributed by atoms with E-state index in [-0.39, 0.29) is 6.61 Å². The molecule has 0 spiro atoms. The Morgan fingerprint density at radius 3 is 3.00 bits per heavy atom. The Balaban J connectivity index is 1.96. The third kappa shape index (κ3) is 3.01. The summed E-state index contributed by atoms with van der Waals surface area (Å²) in [7, 11) is 0. The van der Waals surface area contributed by atoms with E-state index in [0.29, 0.717) is 6.04 Å². The number of rotatable bonds is 4. The SMILES string of the molecule is OCCC1COCCN1Cc1ccncc1. The van der Waals surface area contributed by atoms with Gasteiger partial charge in [-0.05, 0) is 24.1 Å². The molecule has 4 nitrogen and oxygen atoms in total. The Bertz CT molecular complexity index is 303. The molecule has 1 fully saturated rings. The van der Waals surface area contributed by atoms with Crippen LogP contribution < -0.4 is 0 Å². The quantitative estimate of drug-likeness (QED) is 0.813. The van der Waals surface area contributed by atoms with Crippen molar-refractivity contribution in [2.75, 3.05) is 26.4 Å². The van der Waals surface area contributed by atoms with Gasteiger partial charge in [-0.3, -0.25) is 9.88 Å². The molecule has 2 heterocycles. The van der Waals surface area contributed by atoms with Crippen molar-refractivity contribution in [2.45, 2.75) is 19.0 Å². The molecule has 0 saturated carbocycles. The van der Waals surface area contributed by atoms with Gasteiger partial charge in [-0.15, -0.1) is 0 Å². The normalized spacial score (nSPS) is 22.2. The number of ether oxygens (including phenoxy) is 1. The summed E-state index contributed by atoms with van der Waals surface area (Å²) < 4.78 is 5.44. The number of aliphatic hydroxyl groups is 1. The first kappa shape index (κ1) is 11.5. The second kappa shape index (κ2) is 5.94. The Labute approximate surface area is 95.9 Å². The van der Waals surface area contributed by atoms with Crippen molar-refractivity contribution >= 4 is 0 Å². The first-order chi connectivity index (χ1) is 7.90. The van der Waals surface area contributed by atoms with Gasteiger partial charge in [0.05, 0.1) is 13.2 Å². The van der Waals surface area contributed by atoms with Gasteiger partial charge in [0.25, 0.3) is 0 Å². The van der Waals surface area contributed by atoms with Crippen LogP contribution in [0.15, 0.2) is 24.5 Å². The number of morpholine rings is 1. The largest absolute Gasteiger partial charge is 0.396 e. The molecule has 0 bridgehead atoms. The predicted octanol–water partition coefficient (Wildman–Crippen LogP) is 0.665. The van der Waals surface area contributed by atoms with Crippen LogP contribution >= 0.6 is 0 Å². The fraction of sp³-hybridized carbons (Fsp3) is 0.583. The van der Waals surface area contributed by atoms with E-state index in [0.717, 1.165) is 32.7 Å². The summed E-state index contributed by atoms with van der Waals surface area (Å²) in [5.41, 5.74) is 1.26. The number of hydrogen-bond acceptors (Lipinski definition) is 4. The summed E-state index contributed by atoms with van der Waals surface area (Å²) in [6.07, 6.45) is 4.42. The highest BCUT2D eigenvalue weighted by Gasteiger charge is 2.22. The molecule has 0 amide bonds. The molecule has 1 aliphatic rings. The number of hydrogen-bond donors (Lipinski definition) is 1. The first-order valence-electron chi connectivity index (χ1n) is 5.71. The smallest absolute Gasteiger partial charge is 0.0623 e. The molecule has 1 N–H and O–H groups in total. The van der Waals surface area contributed by atoms with E-state index >= 15 is 0 Å². The second-order valence-electron chi connectivity index (χ2n) is 4.07. The van der Waals surface area contributed by atoms with Crippen LogP contribution in [0.1, 0.15) is 12.0 Å². The Kier molecular flexibility index (Phi) is 4.27. The number of pyridine rings is 1. The Morgan fingerprint density at radius 1 is 1.44 bits per heavy atom. The molecule has 1 unspecified atom stereocenters. The molecule has 1 saturated heterocycles. The number of nitrogens with zero attached hydrogens (tertiary/aromatic N) is 2. The molecule has 1 aromatic heterocycles. The fourth-order valence-corrected chi connectivity index (χ4v) is 2.03. The van der Waals surface area contributed by atoms with Crippen molar-refractivity contribution in [1.82, 2.24) is 9.88 Å². The van der Waals surface area contributed by atoms with Crippen LogP contribution in [0.25, 0.3) is 0 Å². The zero-order valence-corrected chi connectivity index (χ0v) is 9.38. The third-order valence-electron chi connectivity index (χ3n) is 2.95. The van der Waals surface area contributed by atoms with Crippen LogP contribution in [0.3, 0.4) is 0 Å². The molecule has 1 aromatic rings. The van der Waals surface area contributed by atoms with Gasteiger partial charge in [-0.25, -0.2) is 0 Å². The lowest BCUT2D eigenvalue weighted by Gasteiger charge is -2.35. The van der Waals surface area contributed by atoms with Gasteiger partial charge in [0.1, 0.15) is 0 Å². The minimum absolute atomic E-state index is 0.223. The van der Waals surface area contributed by atoms with E-state index in [1.165, 1.54) is 5.56 Å². The van der Waals surface area contributed by atoms with Crippen molar-refractivity contribution in [2.24, 2.45) is 0 Å². The van der Waals surface area contributed by atoms with Crippen LogP contribution in [-0.2, 0) is 11.3 Å². The van der Waals surface area contributed by atoms with Crippen LogP contribution in [0.2, 0.25) is 0 Å². The molecule has 0 aromatic carbocycles. The van der Waals surface area contributed by atoms with Crippen molar-refractivity contribution in [3.8, 4) is 0 Å². The van der Waals surface area contributed by atoms with Crippen molar-refractivity contribution in [3.05, 3.63) is 30.1 Å². The molecule has 2 rings (SSSR count). The van der Waals surface area contributed by atoms with Crippen molar-refractivity contribution < 1.29 is 9.84 Å². The highest BCUT2D eigenvalue weighted by atomic mass is 16.5. The van der Waals surface area contributed by atoms with Crippen LogP contribution in [0.5, 0.6) is 0 Å².